The standard InChI is InChI=1S/C18H16N2O3S/c1-12-2-8-15(9-3-12)24-16-10-11-17(21)20(19-16)14-6-4-13(5-7-14)18(22)23/h2-11,16,19H,1H3,(H,22,23)/t16-/m0/s1. The first kappa shape index (κ1) is 16.3. The molecule has 2 aromatic rings. The average Bonchev–Trinajstić information content (AvgIpc) is 2.59. The fraction of sp³-hybridized carbons (Fsp3) is 0.111. The second-order valence-corrected chi connectivity index (χ2v) is 6.58. The van der Waals surface area contributed by atoms with Crippen LogP contribution in [0.3, 0.4) is 0 Å². The van der Waals surface area contributed by atoms with Crippen molar-refractivity contribution >= 4 is 29.3 Å². The fourth-order valence-corrected chi connectivity index (χ4v) is 3.16. The summed E-state index contributed by atoms with van der Waals surface area (Å²) in [5, 5.41) is 10.3. The molecule has 0 aromatic heterocycles. The van der Waals surface area contributed by atoms with Crippen molar-refractivity contribution in [3.05, 3.63) is 71.8 Å². The molecule has 1 aliphatic heterocycles. The predicted molar refractivity (Wildman–Crippen MR) is 94.0 cm³/mol. The zero-order chi connectivity index (χ0) is 17.1. The van der Waals surface area contributed by atoms with Crippen LogP contribution in [0.1, 0.15) is 15.9 Å². The first-order valence-corrected chi connectivity index (χ1v) is 8.26. The summed E-state index contributed by atoms with van der Waals surface area (Å²) in [5.41, 5.74) is 5.13. The molecule has 24 heavy (non-hydrogen) atoms. The molecule has 0 bridgehead atoms. The molecule has 3 rings (SSSR count). The van der Waals surface area contributed by atoms with E-state index in [1.54, 1.807) is 23.9 Å². The van der Waals surface area contributed by atoms with Crippen LogP contribution in [0, 0.1) is 6.92 Å². The lowest BCUT2D eigenvalue weighted by Crippen LogP contribution is -2.49. The van der Waals surface area contributed by atoms with E-state index in [1.807, 2.05) is 37.3 Å². The molecule has 2 N–H and O–H groups in total. The highest BCUT2D eigenvalue weighted by Gasteiger charge is 2.22. The summed E-state index contributed by atoms with van der Waals surface area (Å²) in [7, 11) is 0. The number of amides is 1. The Morgan fingerprint density at radius 1 is 1.12 bits per heavy atom. The molecule has 122 valence electrons. The number of nitrogens with one attached hydrogen (secondary N) is 1. The largest absolute Gasteiger partial charge is 0.478 e. The molecule has 1 atom stereocenters. The van der Waals surface area contributed by atoms with Crippen molar-refractivity contribution in [1.82, 2.24) is 5.43 Å². The lowest BCUT2D eigenvalue weighted by molar-refractivity contribution is -0.115. The van der Waals surface area contributed by atoms with Gasteiger partial charge in [-0.25, -0.2) is 15.2 Å². The van der Waals surface area contributed by atoms with Crippen LogP contribution in [0.4, 0.5) is 5.69 Å². The molecule has 0 spiro atoms. The number of aryl methyl sites for hydroxylation is 1. The topological polar surface area (TPSA) is 69.6 Å². The number of aromatic carboxylic acids is 1. The third-order valence-corrected chi connectivity index (χ3v) is 4.61. The summed E-state index contributed by atoms with van der Waals surface area (Å²) < 4.78 is 0. The van der Waals surface area contributed by atoms with Crippen LogP contribution in [-0.2, 0) is 4.79 Å². The highest BCUT2D eigenvalue weighted by atomic mass is 32.2. The minimum Gasteiger partial charge on any atom is -0.478 e. The van der Waals surface area contributed by atoms with E-state index in [-0.39, 0.29) is 16.8 Å². The Kier molecular flexibility index (Phi) is 4.69. The van der Waals surface area contributed by atoms with E-state index < -0.39 is 5.97 Å². The van der Waals surface area contributed by atoms with E-state index in [0.717, 1.165) is 4.90 Å². The maximum absolute atomic E-state index is 12.1. The monoisotopic (exact) mass is 340 g/mol. The van der Waals surface area contributed by atoms with Crippen LogP contribution < -0.4 is 10.4 Å². The number of anilines is 1. The van der Waals surface area contributed by atoms with Crippen LogP contribution in [0.25, 0.3) is 0 Å². The lowest BCUT2D eigenvalue weighted by Gasteiger charge is -2.29. The summed E-state index contributed by atoms with van der Waals surface area (Å²) in [6.07, 6.45) is 3.34. The summed E-state index contributed by atoms with van der Waals surface area (Å²) in [4.78, 5) is 24.1. The molecule has 1 heterocycles. The Balaban J connectivity index is 1.75. The zero-order valence-corrected chi connectivity index (χ0v) is 13.8. The lowest BCUT2D eigenvalue weighted by atomic mass is 10.2. The molecule has 2 aromatic carbocycles. The Morgan fingerprint density at radius 3 is 2.42 bits per heavy atom. The predicted octanol–water partition coefficient (Wildman–Crippen LogP) is 3.22. The molecule has 0 radical (unpaired) electrons. The fourth-order valence-electron chi connectivity index (χ4n) is 2.26. The Hall–Kier alpha value is -2.57. The van der Waals surface area contributed by atoms with E-state index in [0.29, 0.717) is 5.69 Å². The van der Waals surface area contributed by atoms with Gasteiger partial charge in [0.25, 0.3) is 5.91 Å². The zero-order valence-electron chi connectivity index (χ0n) is 13.0. The molecule has 0 aliphatic carbocycles. The smallest absolute Gasteiger partial charge is 0.335 e. The van der Waals surface area contributed by atoms with Crippen molar-refractivity contribution in [3.8, 4) is 0 Å². The third kappa shape index (κ3) is 3.67. The van der Waals surface area contributed by atoms with E-state index in [1.165, 1.54) is 28.8 Å². The molecular formula is C18H16N2O3S. The van der Waals surface area contributed by atoms with Gasteiger partial charge in [-0.1, -0.05) is 17.7 Å². The number of hydrogen-bond acceptors (Lipinski definition) is 4. The van der Waals surface area contributed by atoms with Gasteiger partial charge in [-0.2, -0.15) is 0 Å². The SMILES string of the molecule is Cc1ccc(S[C@H]2C=CC(=O)N(c3ccc(C(=O)O)cc3)N2)cc1. The number of benzene rings is 2. The van der Waals surface area contributed by atoms with Gasteiger partial charge in [0, 0.05) is 11.0 Å². The van der Waals surface area contributed by atoms with Gasteiger partial charge in [0.1, 0.15) is 0 Å². The van der Waals surface area contributed by atoms with E-state index >= 15 is 0 Å². The quantitative estimate of drug-likeness (QED) is 0.894. The molecule has 1 amide bonds. The molecular weight excluding hydrogens is 324 g/mol. The van der Waals surface area contributed by atoms with Crippen molar-refractivity contribution in [2.75, 3.05) is 5.01 Å². The summed E-state index contributed by atoms with van der Waals surface area (Å²) >= 11 is 1.60. The number of hydrazine groups is 1. The normalized spacial score (nSPS) is 17.1. The van der Waals surface area contributed by atoms with Crippen LogP contribution in [0.15, 0.2) is 65.6 Å². The Bertz CT molecular complexity index is 785. The van der Waals surface area contributed by atoms with Crippen molar-refractivity contribution in [2.24, 2.45) is 0 Å². The Morgan fingerprint density at radius 2 is 1.79 bits per heavy atom. The van der Waals surface area contributed by atoms with E-state index in [9.17, 15) is 9.59 Å². The van der Waals surface area contributed by atoms with Crippen molar-refractivity contribution in [3.63, 3.8) is 0 Å². The van der Waals surface area contributed by atoms with Crippen LogP contribution in [0.2, 0.25) is 0 Å². The van der Waals surface area contributed by atoms with Gasteiger partial charge in [-0.3, -0.25) is 4.79 Å². The van der Waals surface area contributed by atoms with Gasteiger partial charge in [-0.05, 0) is 49.4 Å². The van der Waals surface area contributed by atoms with Crippen LogP contribution in [0.5, 0.6) is 0 Å². The maximum atomic E-state index is 12.1. The number of rotatable bonds is 4. The molecule has 0 saturated heterocycles. The van der Waals surface area contributed by atoms with Gasteiger partial charge in [0.15, 0.2) is 0 Å². The van der Waals surface area contributed by atoms with Crippen molar-refractivity contribution in [1.29, 1.82) is 0 Å². The molecule has 0 saturated carbocycles. The number of thioether (sulfide) groups is 1. The molecule has 6 heteroatoms. The summed E-state index contributed by atoms with van der Waals surface area (Å²) in [5.74, 6) is -1.19. The minimum absolute atomic E-state index is 0.0930. The third-order valence-electron chi connectivity index (χ3n) is 3.55. The second kappa shape index (κ2) is 6.90. The summed E-state index contributed by atoms with van der Waals surface area (Å²) in [6.45, 7) is 2.04. The number of hydrogen-bond donors (Lipinski definition) is 2. The average molecular weight is 340 g/mol. The van der Waals surface area contributed by atoms with Gasteiger partial charge in [-0.15, -0.1) is 11.8 Å². The molecule has 0 fully saturated rings. The van der Waals surface area contributed by atoms with Gasteiger partial charge >= 0.3 is 5.97 Å². The van der Waals surface area contributed by atoms with Gasteiger partial charge < -0.3 is 5.11 Å². The number of carbonyl (C=O) groups is 2. The molecule has 0 unspecified atom stereocenters. The second-order valence-electron chi connectivity index (χ2n) is 5.37. The number of carboxylic acids is 1. The van der Waals surface area contributed by atoms with Crippen LogP contribution in [-0.4, -0.2) is 22.4 Å². The van der Waals surface area contributed by atoms with E-state index in [2.05, 4.69) is 5.43 Å². The first-order chi connectivity index (χ1) is 11.5. The highest BCUT2D eigenvalue weighted by molar-refractivity contribution is 8.00. The first-order valence-electron chi connectivity index (χ1n) is 7.38. The maximum Gasteiger partial charge on any atom is 0.335 e. The minimum atomic E-state index is -0.993. The van der Waals surface area contributed by atoms with E-state index in [4.69, 9.17) is 5.11 Å². The Labute approximate surface area is 144 Å². The van der Waals surface area contributed by atoms with Crippen LogP contribution >= 0.6 is 11.8 Å². The molecule has 1 aliphatic rings. The highest BCUT2D eigenvalue weighted by Crippen LogP contribution is 2.26. The van der Waals surface area contributed by atoms with Gasteiger partial charge in [0.05, 0.1) is 16.6 Å². The van der Waals surface area contributed by atoms with Crippen molar-refractivity contribution < 1.29 is 14.7 Å². The molecule has 5 nitrogen and oxygen atoms in total. The van der Waals surface area contributed by atoms with Crippen molar-refractivity contribution in [2.45, 2.75) is 17.2 Å². The summed E-state index contributed by atoms with van der Waals surface area (Å²) in [6, 6.07) is 14.4. The number of carbonyl (C=O) groups excluding carboxylic acids is 1. The number of nitrogens with zero attached hydrogens (tertiary/aromatic N) is 1. The van der Waals surface area contributed by atoms with Gasteiger partial charge in [0.2, 0.25) is 0 Å². The number of carboxylic acid groups (broad SMARTS) is 1.